The zero-order chi connectivity index (χ0) is 16.8. The molecule has 24 heavy (non-hydrogen) atoms. The molecular weight excluding hydrogens is 308 g/mol. The second kappa shape index (κ2) is 8.35. The van der Waals surface area contributed by atoms with Crippen molar-refractivity contribution in [2.75, 3.05) is 39.5 Å². The van der Waals surface area contributed by atoms with Gasteiger partial charge in [0, 0.05) is 25.6 Å². The lowest BCUT2D eigenvalue weighted by molar-refractivity contribution is -0.134. The first-order valence-corrected chi connectivity index (χ1v) is 8.73. The second-order valence-electron chi connectivity index (χ2n) is 6.27. The molecule has 0 aliphatic carbocycles. The molecule has 2 aliphatic heterocycles. The van der Waals surface area contributed by atoms with E-state index in [1.54, 1.807) is 0 Å². The number of carbonyl (C=O) groups excluding carboxylic acids is 1. The van der Waals surface area contributed by atoms with Crippen molar-refractivity contribution in [1.82, 2.24) is 10.2 Å². The highest BCUT2D eigenvalue weighted by Crippen LogP contribution is 2.31. The molecule has 2 atom stereocenters. The van der Waals surface area contributed by atoms with E-state index >= 15 is 0 Å². The molecule has 0 bridgehead atoms. The van der Waals surface area contributed by atoms with Crippen molar-refractivity contribution in [2.45, 2.75) is 31.9 Å². The predicted octanol–water partition coefficient (Wildman–Crippen LogP) is 1.44. The van der Waals surface area contributed by atoms with Gasteiger partial charge in [-0.05, 0) is 18.6 Å². The van der Waals surface area contributed by atoms with Gasteiger partial charge in [0.15, 0.2) is 17.6 Å². The van der Waals surface area contributed by atoms with Gasteiger partial charge in [-0.15, -0.1) is 0 Å². The summed E-state index contributed by atoms with van der Waals surface area (Å²) in [6, 6.07) is 7.75. The fourth-order valence-corrected chi connectivity index (χ4v) is 3.08. The summed E-state index contributed by atoms with van der Waals surface area (Å²) in [5.41, 5.74) is 0. The minimum absolute atomic E-state index is 0.106. The maximum absolute atomic E-state index is 12.7. The van der Waals surface area contributed by atoms with Crippen LogP contribution >= 0.6 is 0 Å². The van der Waals surface area contributed by atoms with E-state index in [0.717, 1.165) is 37.6 Å². The van der Waals surface area contributed by atoms with E-state index in [9.17, 15) is 4.79 Å². The Hall–Kier alpha value is -1.79. The minimum atomic E-state index is -0.133. The molecule has 1 saturated heterocycles. The van der Waals surface area contributed by atoms with E-state index in [1.165, 1.54) is 0 Å². The van der Waals surface area contributed by atoms with Crippen molar-refractivity contribution in [3.8, 4) is 11.5 Å². The SMILES string of the molecule is CCCN(CC1COc2ccccc2O1)C(=O)CC1COCCN1. The van der Waals surface area contributed by atoms with Crippen LogP contribution in [-0.2, 0) is 9.53 Å². The van der Waals surface area contributed by atoms with E-state index < -0.39 is 0 Å². The number of benzene rings is 1. The Morgan fingerprint density at radius 2 is 2.12 bits per heavy atom. The number of hydrogen-bond donors (Lipinski definition) is 1. The van der Waals surface area contributed by atoms with Crippen molar-refractivity contribution in [2.24, 2.45) is 0 Å². The molecule has 6 nitrogen and oxygen atoms in total. The number of para-hydroxylation sites is 2. The highest BCUT2D eigenvalue weighted by molar-refractivity contribution is 5.77. The molecule has 1 amide bonds. The monoisotopic (exact) mass is 334 g/mol. The van der Waals surface area contributed by atoms with Gasteiger partial charge in [0.25, 0.3) is 0 Å². The van der Waals surface area contributed by atoms with Gasteiger partial charge in [0.05, 0.1) is 19.8 Å². The molecule has 6 heteroatoms. The lowest BCUT2D eigenvalue weighted by Gasteiger charge is -2.32. The Morgan fingerprint density at radius 1 is 1.29 bits per heavy atom. The lowest BCUT2D eigenvalue weighted by atomic mass is 10.1. The minimum Gasteiger partial charge on any atom is -0.486 e. The zero-order valence-electron chi connectivity index (χ0n) is 14.2. The predicted molar refractivity (Wildman–Crippen MR) is 90.5 cm³/mol. The first-order valence-electron chi connectivity index (χ1n) is 8.73. The van der Waals surface area contributed by atoms with E-state index in [1.807, 2.05) is 29.2 Å². The number of carbonyl (C=O) groups is 1. The third kappa shape index (κ3) is 4.39. The molecule has 0 aromatic heterocycles. The van der Waals surface area contributed by atoms with Crippen molar-refractivity contribution < 1.29 is 19.0 Å². The molecule has 132 valence electrons. The summed E-state index contributed by atoms with van der Waals surface area (Å²) in [4.78, 5) is 14.5. The summed E-state index contributed by atoms with van der Waals surface area (Å²) >= 11 is 0. The average molecular weight is 334 g/mol. The second-order valence-corrected chi connectivity index (χ2v) is 6.27. The lowest BCUT2D eigenvalue weighted by Crippen LogP contribution is -2.48. The van der Waals surface area contributed by atoms with Crippen LogP contribution in [0.4, 0.5) is 0 Å². The van der Waals surface area contributed by atoms with Gasteiger partial charge < -0.3 is 24.4 Å². The van der Waals surface area contributed by atoms with Crippen LogP contribution in [0.15, 0.2) is 24.3 Å². The highest BCUT2D eigenvalue weighted by Gasteiger charge is 2.26. The first kappa shape index (κ1) is 17.0. The summed E-state index contributed by atoms with van der Waals surface area (Å²) in [5.74, 6) is 1.66. The summed E-state index contributed by atoms with van der Waals surface area (Å²) in [7, 11) is 0. The first-order chi connectivity index (χ1) is 11.8. The Morgan fingerprint density at radius 3 is 2.88 bits per heavy atom. The zero-order valence-corrected chi connectivity index (χ0v) is 14.2. The number of hydrogen-bond acceptors (Lipinski definition) is 5. The smallest absolute Gasteiger partial charge is 0.224 e. The molecule has 2 aliphatic rings. The molecule has 2 heterocycles. The number of amides is 1. The van der Waals surface area contributed by atoms with Crippen molar-refractivity contribution in [1.29, 1.82) is 0 Å². The van der Waals surface area contributed by atoms with Gasteiger partial charge >= 0.3 is 0 Å². The molecule has 2 unspecified atom stereocenters. The molecule has 1 N–H and O–H groups in total. The molecule has 1 aromatic carbocycles. The quantitative estimate of drug-likeness (QED) is 0.853. The number of rotatable bonds is 6. The fraction of sp³-hybridized carbons (Fsp3) is 0.611. The van der Waals surface area contributed by atoms with E-state index in [0.29, 0.717) is 26.2 Å². The summed E-state index contributed by atoms with van der Waals surface area (Å²) < 4.78 is 17.2. The molecule has 0 spiro atoms. The van der Waals surface area contributed by atoms with E-state index in [-0.39, 0.29) is 18.1 Å². The topological polar surface area (TPSA) is 60.0 Å². The summed E-state index contributed by atoms with van der Waals surface area (Å²) in [6.07, 6.45) is 1.25. The largest absolute Gasteiger partial charge is 0.486 e. The van der Waals surface area contributed by atoms with Crippen molar-refractivity contribution in [3.05, 3.63) is 24.3 Å². The third-order valence-electron chi connectivity index (χ3n) is 4.26. The van der Waals surface area contributed by atoms with Crippen LogP contribution in [0.5, 0.6) is 11.5 Å². The average Bonchev–Trinajstić information content (AvgIpc) is 2.62. The number of fused-ring (bicyclic) bond motifs is 1. The number of ether oxygens (including phenoxy) is 3. The molecule has 0 saturated carbocycles. The van der Waals surface area contributed by atoms with Gasteiger partial charge in [0.1, 0.15) is 6.61 Å². The Bertz CT molecular complexity index is 546. The van der Waals surface area contributed by atoms with Crippen LogP contribution in [-0.4, -0.2) is 62.4 Å². The standard InChI is InChI=1S/C18H26N2O4/c1-2-8-20(18(21)10-14-12-22-9-7-19-14)11-15-13-23-16-5-3-4-6-17(16)24-15/h3-6,14-15,19H,2,7-13H2,1H3. The Kier molecular flexibility index (Phi) is 5.93. The molecule has 3 rings (SSSR count). The summed E-state index contributed by atoms with van der Waals surface area (Å²) in [5, 5.41) is 3.34. The highest BCUT2D eigenvalue weighted by atomic mass is 16.6. The fourth-order valence-electron chi connectivity index (χ4n) is 3.08. The van der Waals surface area contributed by atoms with Crippen LogP contribution in [0.1, 0.15) is 19.8 Å². The Labute approximate surface area is 143 Å². The van der Waals surface area contributed by atoms with Crippen LogP contribution in [0, 0.1) is 0 Å². The number of morpholine rings is 1. The maximum atomic E-state index is 12.7. The van der Waals surface area contributed by atoms with Crippen molar-refractivity contribution >= 4 is 5.91 Å². The van der Waals surface area contributed by atoms with Gasteiger partial charge in [0.2, 0.25) is 5.91 Å². The molecule has 1 aromatic rings. The van der Waals surface area contributed by atoms with Crippen LogP contribution in [0.25, 0.3) is 0 Å². The van der Waals surface area contributed by atoms with Gasteiger partial charge in [-0.25, -0.2) is 0 Å². The van der Waals surface area contributed by atoms with Crippen LogP contribution in [0.2, 0.25) is 0 Å². The van der Waals surface area contributed by atoms with Gasteiger partial charge in [-0.2, -0.15) is 0 Å². The van der Waals surface area contributed by atoms with Crippen LogP contribution < -0.4 is 14.8 Å². The molecular formula is C18H26N2O4. The van der Waals surface area contributed by atoms with Crippen molar-refractivity contribution in [3.63, 3.8) is 0 Å². The van der Waals surface area contributed by atoms with Crippen LogP contribution in [0.3, 0.4) is 0 Å². The maximum Gasteiger partial charge on any atom is 0.224 e. The third-order valence-corrected chi connectivity index (χ3v) is 4.26. The summed E-state index contributed by atoms with van der Waals surface area (Å²) in [6.45, 7) is 5.95. The number of nitrogens with zero attached hydrogens (tertiary/aromatic N) is 1. The Balaban J connectivity index is 1.56. The van der Waals surface area contributed by atoms with Gasteiger partial charge in [-0.1, -0.05) is 19.1 Å². The van der Waals surface area contributed by atoms with E-state index in [4.69, 9.17) is 14.2 Å². The molecule has 0 radical (unpaired) electrons. The van der Waals surface area contributed by atoms with Gasteiger partial charge in [-0.3, -0.25) is 4.79 Å². The number of nitrogens with one attached hydrogen (secondary N) is 1. The molecule has 1 fully saturated rings. The normalized spacial score (nSPS) is 22.9. The van der Waals surface area contributed by atoms with E-state index in [2.05, 4.69) is 12.2 Å².